The molecule has 0 aliphatic carbocycles. The van der Waals surface area contributed by atoms with Gasteiger partial charge >= 0.3 is 6.09 Å². The van der Waals surface area contributed by atoms with Crippen LogP contribution >= 0.6 is 11.8 Å². The third-order valence-corrected chi connectivity index (χ3v) is 2.16. The molecule has 0 bridgehead atoms. The van der Waals surface area contributed by atoms with Gasteiger partial charge in [0.25, 0.3) is 0 Å². The standard InChI is InChI=1S/C9H14N2O2S/c1-9(2,3)13-8(12)11-7-6-10-4-5-14-7/h4H,5-6H2,1-3H3. The molecule has 0 fully saturated rings. The fourth-order valence-corrected chi connectivity index (χ4v) is 1.51. The Morgan fingerprint density at radius 3 is 2.86 bits per heavy atom. The fourth-order valence-electron chi connectivity index (χ4n) is 0.829. The first kappa shape index (κ1) is 11.2. The van der Waals surface area contributed by atoms with E-state index >= 15 is 0 Å². The molecule has 1 aliphatic rings. The number of thioether (sulfide) groups is 1. The second-order valence-corrected chi connectivity index (χ2v) is 4.91. The first-order chi connectivity index (χ1) is 6.47. The highest BCUT2D eigenvalue weighted by Crippen LogP contribution is 2.11. The summed E-state index contributed by atoms with van der Waals surface area (Å²) in [4.78, 5) is 19.1. The molecule has 0 saturated heterocycles. The largest absolute Gasteiger partial charge is 0.442 e. The lowest BCUT2D eigenvalue weighted by atomic mass is 10.2. The SMILES string of the molecule is CC(C)(C)OC(=O)N=C1CN=CCS1. The number of hydrogen-bond donors (Lipinski definition) is 0. The van der Waals surface area contributed by atoms with Gasteiger partial charge in [-0.2, -0.15) is 4.99 Å². The Kier molecular flexibility index (Phi) is 3.69. The molecule has 5 heteroatoms. The van der Waals surface area contributed by atoms with Crippen LogP contribution in [0.4, 0.5) is 4.79 Å². The van der Waals surface area contributed by atoms with E-state index in [9.17, 15) is 4.79 Å². The van der Waals surface area contributed by atoms with E-state index in [-0.39, 0.29) is 0 Å². The Morgan fingerprint density at radius 1 is 1.64 bits per heavy atom. The van der Waals surface area contributed by atoms with E-state index in [2.05, 4.69) is 9.98 Å². The van der Waals surface area contributed by atoms with Crippen molar-refractivity contribution in [3.05, 3.63) is 0 Å². The molecule has 0 atom stereocenters. The molecule has 0 radical (unpaired) electrons. The number of hydrogen-bond acceptors (Lipinski definition) is 4. The summed E-state index contributed by atoms with van der Waals surface area (Å²) in [5.74, 6) is 0.779. The van der Waals surface area contributed by atoms with Crippen molar-refractivity contribution in [3.8, 4) is 0 Å². The molecule has 1 amide bonds. The Bertz CT molecular complexity index is 279. The summed E-state index contributed by atoms with van der Waals surface area (Å²) in [5.41, 5.74) is -0.482. The molecular formula is C9H14N2O2S. The number of ether oxygens (including phenoxy) is 1. The third kappa shape index (κ3) is 4.41. The van der Waals surface area contributed by atoms with Crippen molar-refractivity contribution in [2.75, 3.05) is 12.3 Å². The van der Waals surface area contributed by atoms with Gasteiger partial charge in [-0.05, 0) is 20.8 Å². The molecule has 0 aromatic heterocycles. The van der Waals surface area contributed by atoms with Crippen LogP contribution in [-0.2, 0) is 4.74 Å². The quantitative estimate of drug-likeness (QED) is 0.620. The van der Waals surface area contributed by atoms with Crippen LogP contribution in [0.5, 0.6) is 0 Å². The van der Waals surface area contributed by atoms with Crippen LogP contribution in [0.3, 0.4) is 0 Å². The smallest absolute Gasteiger partial charge is 0.434 e. The van der Waals surface area contributed by atoms with Gasteiger partial charge in [-0.1, -0.05) is 0 Å². The minimum Gasteiger partial charge on any atom is -0.442 e. The van der Waals surface area contributed by atoms with Crippen LogP contribution in [0.15, 0.2) is 9.98 Å². The molecule has 1 heterocycles. The third-order valence-electron chi connectivity index (χ3n) is 1.29. The molecule has 0 aromatic carbocycles. The van der Waals surface area contributed by atoms with Crippen LogP contribution < -0.4 is 0 Å². The molecular weight excluding hydrogens is 200 g/mol. The van der Waals surface area contributed by atoms with Gasteiger partial charge in [0.15, 0.2) is 0 Å². The van der Waals surface area contributed by atoms with E-state index < -0.39 is 11.7 Å². The maximum Gasteiger partial charge on any atom is 0.434 e. The maximum absolute atomic E-state index is 11.3. The van der Waals surface area contributed by atoms with Gasteiger partial charge in [-0.25, -0.2) is 4.79 Å². The zero-order valence-electron chi connectivity index (χ0n) is 8.61. The molecule has 0 spiro atoms. The van der Waals surface area contributed by atoms with Crippen LogP contribution in [0.1, 0.15) is 20.8 Å². The van der Waals surface area contributed by atoms with Crippen LogP contribution in [0.2, 0.25) is 0 Å². The van der Waals surface area contributed by atoms with Gasteiger partial charge in [-0.15, -0.1) is 11.8 Å². The molecule has 1 aliphatic heterocycles. The second kappa shape index (κ2) is 4.59. The maximum atomic E-state index is 11.3. The highest BCUT2D eigenvalue weighted by Gasteiger charge is 2.16. The summed E-state index contributed by atoms with van der Waals surface area (Å²) < 4.78 is 5.05. The molecule has 78 valence electrons. The second-order valence-electron chi connectivity index (χ2n) is 3.82. The van der Waals surface area contributed by atoms with Crippen molar-refractivity contribution in [2.24, 2.45) is 9.98 Å². The predicted octanol–water partition coefficient (Wildman–Crippen LogP) is 2.14. The van der Waals surface area contributed by atoms with Gasteiger partial charge in [0.2, 0.25) is 0 Å². The molecule has 0 aromatic rings. The van der Waals surface area contributed by atoms with Crippen molar-refractivity contribution >= 4 is 29.1 Å². The molecule has 4 nitrogen and oxygen atoms in total. The van der Waals surface area contributed by atoms with Gasteiger partial charge in [0.05, 0.1) is 6.54 Å². The van der Waals surface area contributed by atoms with E-state index in [4.69, 9.17) is 4.74 Å². The van der Waals surface area contributed by atoms with Crippen molar-refractivity contribution < 1.29 is 9.53 Å². The van der Waals surface area contributed by atoms with E-state index in [0.29, 0.717) is 6.54 Å². The number of carbonyl (C=O) groups excluding carboxylic acids is 1. The first-order valence-electron chi connectivity index (χ1n) is 4.39. The Labute approximate surface area is 87.8 Å². The monoisotopic (exact) mass is 214 g/mol. The lowest BCUT2D eigenvalue weighted by molar-refractivity contribution is 0.0604. The van der Waals surface area contributed by atoms with E-state index in [0.717, 1.165) is 10.8 Å². The van der Waals surface area contributed by atoms with Crippen LogP contribution in [0, 0.1) is 0 Å². The predicted molar refractivity (Wildman–Crippen MR) is 59.5 cm³/mol. The number of carbonyl (C=O) groups is 1. The van der Waals surface area contributed by atoms with Crippen LogP contribution in [0.25, 0.3) is 0 Å². The van der Waals surface area contributed by atoms with E-state index in [1.807, 2.05) is 27.0 Å². The van der Waals surface area contributed by atoms with Crippen LogP contribution in [-0.4, -0.2) is 35.3 Å². The lowest BCUT2D eigenvalue weighted by Gasteiger charge is -2.17. The van der Waals surface area contributed by atoms with Crippen molar-refractivity contribution in [1.29, 1.82) is 0 Å². The highest BCUT2D eigenvalue weighted by molar-refractivity contribution is 8.14. The molecule has 0 unspecified atom stereocenters. The summed E-state index contributed by atoms with van der Waals surface area (Å²) >= 11 is 1.52. The van der Waals surface area contributed by atoms with E-state index in [1.54, 1.807) is 0 Å². The minimum atomic E-state index is -0.530. The molecule has 0 N–H and O–H groups in total. The highest BCUT2D eigenvalue weighted by atomic mass is 32.2. The van der Waals surface area contributed by atoms with Crippen molar-refractivity contribution in [2.45, 2.75) is 26.4 Å². The normalized spacial score (nSPS) is 19.8. The van der Waals surface area contributed by atoms with Gasteiger partial charge in [-0.3, -0.25) is 4.99 Å². The Balaban J connectivity index is 2.50. The summed E-state index contributed by atoms with van der Waals surface area (Å²) in [5, 5.41) is 0.724. The van der Waals surface area contributed by atoms with Crippen molar-refractivity contribution in [3.63, 3.8) is 0 Å². The Hall–Kier alpha value is -0.840. The van der Waals surface area contributed by atoms with Gasteiger partial charge in [0.1, 0.15) is 10.6 Å². The molecule has 0 saturated carbocycles. The number of aliphatic imine (C=N–C) groups is 2. The van der Waals surface area contributed by atoms with Crippen molar-refractivity contribution in [1.82, 2.24) is 0 Å². The summed E-state index contributed by atoms with van der Waals surface area (Å²) in [6, 6.07) is 0. The van der Waals surface area contributed by atoms with Gasteiger partial charge < -0.3 is 4.74 Å². The zero-order chi connectivity index (χ0) is 10.6. The Morgan fingerprint density at radius 2 is 2.36 bits per heavy atom. The molecule has 14 heavy (non-hydrogen) atoms. The van der Waals surface area contributed by atoms with Gasteiger partial charge in [0, 0.05) is 12.0 Å². The summed E-state index contributed by atoms with van der Waals surface area (Å²) in [6.45, 7) is 5.94. The first-order valence-corrected chi connectivity index (χ1v) is 5.37. The van der Waals surface area contributed by atoms with E-state index in [1.165, 1.54) is 11.8 Å². The summed E-state index contributed by atoms with van der Waals surface area (Å²) in [6.07, 6.45) is 1.29. The number of nitrogens with zero attached hydrogens (tertiary/aromatic N) is 2. The lowest BCUT2D eigenvalue weighted by Crippen LogP contribution is -2.23. The minimum absolute atomic E-state index is 0.482. The number of rotatable bonds is 0. The average molecular weight is 214 g/mol. The fraction of sp³-hybridized carbons (Fsp3) is 0.667. The zero-order valence-corrected chi connectivity index (χ0v) is 9.43. The summed E-state index contributed by atoms with van der Waals surface area (Å²) in [7, 11) is 0. The molecule has 1 rings (SSSR count). The topological polar surface area (TPSA) is 51.0 Å². The number of amides is 1. The average Bonchev–Trinajstić information content (AvgIpc) is 2.02.